The first kappa shape index (κ1) is 16.0. The van der Waals surface area contributed by atoms with Crippen molar-refractivity contribution in [1.29, 1.82) is 0 Å². The lowest BCUT2D eigenvalue weighted by Gasteiger charge is -2.10. The number of hydrogen-bond donors (Lipinski definition) is 2. The highest BCUT2D eigenvalue weighted by atomic mass is 35.5. The summed E-state index contributed by atoms with van der Waals surface area (Å²) < 4.78 is 28.9. The van der Waals surface area contributed by atoms with Gasteiger partial charge in [0.1, 0.15) is 4.90 Å². The van der Waals surface area contributed by atoms with E-state index in [4.69, 9.17) is 11.6 Å². The van der Waals surface area contributed by atoms with E-state index in [1.54, 1.807) is 49.2 Å². The molecule has 1 aromatic heterocycles. The van der Waals surface area contributed by atoms with Crippen LogP contribution in [-0.2, 0) is 30.2 Å². The standard InChI is InChI=1S/C13H17ClN4O2S/c1-15-8-10-3-4-12(14)13(7-10)21(19,20)17-9-11-5-6-16-18(11)2/h3-7,15,17H,8-9H2,1-2H3. The lowest BCUT2D eigenvalue weighted by atomic mass is 10.2. The van der Waals surface area contributed by atoms with Crippen LogP contribution in [0.15, 0.2) is 35.4 Å². The number of sulfonamides is 1. The Balaban J connectivity index is 2.22. The summed E-state index contributed by atoms with van der Waals surface area (Å²) >= 11 is 6.02. The molecule has 0 aliphatic rings. The third-order valence-electron chi connectivity index (χ3n) is 3.03. The molecule has 0 aliphatic heterocycles. The van der Waals surface area contributed by atoms with Gasteiger partial charge in [0.15, 0.2) is 0 Å². The average Bonchev–Trinajstić information content (AvgIpc) is 2.84. The highest BCUT2D eigenvalue weighted by Gasteiger charge is 2.18. The fourth-order valence-corrected chi connectivity index (χ4v) is 3.44. The van der Waals surface area contributed by atoms with Gasteiger partial charge in [-0.1, -0.05) is 17.7 Å². The molecule has 0 aliphatic carbocycles. The normalized spacial score (nSPS) is 11.8. The van der Waals surface area contributed by atoms with Crippen molar-refractivity contribution in [3.63, 3.8) is 0 Å². The van der Waals surface area contributed by atoms with Crippen molar-refractivity contribution in [3.05, 3.63) is 46.7 Å². The fourth-order valence-electron chi connectivity index (χ4n) is 1.89. The van der Waals surface area contributed by atoms with E-state index in [0.717, 1.165) is 11.3 Å². The minimum atomic E-state index is -3.68. The number of nitrogens with zero attached hydrogens (tertiary/aromatic N) is 2. The fraction of sp³-hybridized carbons (Fsp3) is 0.308. The molecule has 0 spiro atoms. The van der Waals surface area contributed by atoms with Crippen molar-refractivity contribution in [2.45, 2.75) is 18.0 Å². The second-order valence-electron chi connectivity index (χ2n) is 4.57. The highest BCUT2D eigenvalue weighted by molar-refractivity contribution is 7.89. The van der Waals surface area contributed by atoms with E-state index in [1.165, 1.54) is 0 Å². The number of halogens is 1. The predicted molar refractivity (Wildman–Crippen MR) is 81.4 cm³/mol. The number of rotatable bonds is 6. The first-order valence-corrected chi connectivity index (χ1v) is 8.19. The zero-order valence-corrected chi connectivity index (χ0v) is 13.4. The summed E-state index contributed by atoms with van der Waals surface area (Å²) in [6.07, 6.45) is 1.62. The SMILES string of the molecule is CNCc1ccc(Cl)c(S(=O)(=O)NCc2ccnn2C)c1. The van der Waals surface area contributed by atoms with Crippen LogP contribution in [0.3, 0.4) is 0 Å². The molecule has 0 unspecified atom stereocenters. The van der Waals surface area contributed by atoms with Crippen molar-refractivity contribution in [3.8, 4) is 0 Å². The molecule has 0 amide bonds. The topological polar surface area (TPSA) is 76.0 Å². The maximum Gasteiger partial charge on any atom is 0.242 e. The van der Waals surface area contributed by atoms with E-state index in [1.807, 2.05) is 0 Å². The van der Waals surface area contributed by atoms with Gasteiger partial charge in [-0.3, -0.25) is 4.68 Å². The number of aryl methyl sites for hydroxylation is 1. The second kappa shape index (κ2) is 6.57. The Morgan fingerprint density at radius 2 is 2.05 bits per heavy atom. The molecule has 1 aromatic carbocycles. The van der Waals surface area contributed by atoms with E-state index in [0.29, 0.717) is 6.54 Å². The van der Waals surface area contributed by atoms with Gasteiger partial charge < -0.3 is 5.32 Å². The molecule has 1 heterocycles. The molecule has 21 heavy (non-hydrogen) atoms. The third kappa shape index (κ3) is 3.82. The summed E-state index contributed by atoms with van der Waals surface area (Å²) in [4.78, 5) is 0.0825. The van der Waals surface area contributed by atoms with Crippen LogP contribution >= 0.6 is 11.6 Å². The summed E-state index contributed by atoms with van der Waals surface area (Å²) in [5.74, 6) is 0. The molecular formula is C13H17ClN4O2S. The quantitative estimate of drug-likeness (QED) is 0.837. The number of aromatic nitrogens is 2. The Labute approximate surface area is 129 Å². The van der Waals surface area contributed by atoms with Gasteiger partial charge in [0.2, 0.25) is 10.0 Å². The molecular weight excluding hydrogens is 312 g/mol. The predicted octanol–water partition coefficient (Wildman–Crippen LogP) is 1.27. The molecule has 0 radical (unpaired) electrons. The Bertz CT molecular complexity index is 728. The monoisotopic (exact) mass is 328 g/mol. The number of nitrogens with one attached hydrogen (secondary N) is 2. The summed E-state index contributed by atoms with van der Waals surface area (Å²) in [5.41, 5.74) is 1.61. The second-order valence-corrected chi connectivity index (χ2v) is 6.71. The van der Waals surface area contributed by atoms with Crippen LogP contribution in [0.1, 0.15) is 11.3 Å². The van der Waals surface area contributed by atoms with Gasteiger partial charge in [0, 0.05) is 19.8 Å². The van der Waals surface area contributed by atoms with Crippen molar-refractivity contribution < 1.29 is 8.42 Å². The van der Waals surface area contributed by atoms with Crippen LogP contribution in [0.5, 0.6) is 0 Å². The molecule has 6 nitrogen and oxygen atoms in total. The van der Waals surface area contributed by atoms with Crippen LogP contribution < -0.4 is 10.0 Å². The van der Waals surface area contributed by atoms with Gasteiger partial charge in [-0.05, 0) is 30.8 Å². The molecule has 0 fully saturated rings. The molecule has 0 saturated carbocycles. The molecule has 2 N–H and O–H groups in total. The lowest BCUT2D eigenvalue weighted by Crippen LogP contribution is -2.25. The van der Waals surface area contributed by atoms with Crippen LogP contribution in [-0.4, -0.2) is 25.2 Å². The number of benzene rings is 1. The minimum Gasteiger partial charge on any atom is -0.316 e. The maximum absolute atomic E-state index is 12.4. The molecule has 0 bridgehead atoms. The summed E-state index contributed by atoms with van der Waals surface area (Å²) in [6.45, 7) is 0.729. The first-order valence-electron chi connectivity index (χ1n) is 6.33. The first-order chi connectivity index (χ1) is 9.94. The van der Waals surface area contributed by atoms with E-state index in [-0.39, 0.29) is 16.5 Å². The van der Waals surface area contributed by atoms with Crippen LogP contribution in [0.4, 0.5) is 0 Å². The van der Waals surface area contributed by atoms with Crippen molar-refractivity contribution in [2.24, 2.45) is 7.05 Å². The minimum absolute atomic E-state index is 0.0825. The molecule has 8 heteroatoms. The maximum atomic E-state index is 12.4. The summed E-state index contributed by atoms with van der Waals surface area (Å²) in [7, 11) is -0.126. The molecule has 2 rings (SSSR count). The Hall–Kier alpha value is -1.41. The lowest BCUT2D eigenvalue weighted by molar-refractivity contribution is 0.577. The van der Waals surface area contributed by atoms with Gasteiger partial charge in [-0.2, -0.15) is 5.10 Å². The van der Waals surface area contributed by atoms with Crippen LogP contribution in [0, 0.1) is 0 Å². The van der Waals surface area contributed by atoms with Crippen molar-refractivity contribution in [2.75, 3.05) is 7.05 Å². The average molecular weight is 329 g/mol. The van der Waals surface area contributed by atoms with E-state index in [9.17, 15) is 8.42 Å². The molecule has 0 saturated heterocycles. The largest absolute Gasteiger partial charge is 0.316 e. The Kier molecular flexibility index (Phi) is 5.00. The number of hydrogen-bond acceptors (Lipinski definition) is 4. The van der Waals surface area contributed by atoms with Crippen LogP contribution in [0.25, 0.3) is 0 Å². The van der Waals surface area contributed by atoms with Gasteiger partial charge in [0.25, 0.3) is 0 Å². The summed E-state index contributed by atoms with van der Waals surface area (Å²) in [5, 5.41) is 7.17. The zero-order valence-electron chi connectivity index (χ0n) is 11.8. The van der Waals surface area contributed by atoms with Crippen molar-refractivity contribution >= 4 is 21.6 Å². The van der Waals surface area contributed by atoms with Gasteiger partial charge in [0.05, 0.1) is 17.3 Å². The van der Waals surface area contributed by atoms with Gasteiger partial charge in [-0.25, -0.2) is 13.1 Å². The Morgan fingerprint density at radius 3 is 2.67 bits per heavy atom. The van der Waals surface area contributed by atoms with Crippen LogP contribution in [0.2, 0.25) is 5.02 Å². The van der Waals surface area contributed by atoms with E-state index in [2.05, 4.69) is 15.1 Å². The van der Waals surface area contributed by atoms with E-state index < -0.39 is 10.0 Å². The van der Waals surface area contributed by atoms with Gasteiger partial charge in [-0.15, -0.1) is 0 Å². The van der Waals surface area contributed by atoms with E-state index >= 15 is 0 Å². The molecule has 0 atom stereocenters. The molecule has 114 valence electrons. The summed E-state index contributed by atoms with van der Waals surface area (Å²) in [6, 6.07) is 6.71. The molecule has 2 aromatic rings. The van der Waals surface area contributed by atoms with Crippen molar-refractivity contribution in [1.82, 2.24) is 19.8 Å². The zero-order chi connectivity index (χ0) is 15.5. The van der Waals surface area contributed by atoms with Gasteiger partial charge >= 0.3 is 0 Å². The Morgan fingerprint density at radius 1 is 1.29 bits per heavy atom. The third-order valence-corrected chi connectivity index (χ3v) is 4.91. The smallest absolute Gasteiger partial charge is 0.242 e. The highest BCUT2D eigenvalue weighted by Crippen LogP contribution is 2.22.